The number of anilines is 1. The van der Waals surface area contributed by atoms with E-state index < -0.39 is 5.54 Å². The fourth-order valence-electron chi connectivity index (χ4n) is 4.79. The topological polar surface area (TPSA) is 50.8 Å². The number of ether oxygens (including phenoxy) is 2. The van der Waals surface area contributed by atoms with Crippen molar-refractivity contribution in [3.8, 4) is 11.5 Å². The molecule has 1 spiro atoms. The molecular formula is C25H22BrClN2O3. The number of nitrogens with zero attached hydrogens (tertiary/aromatic N) is 1. The fourth-order valence-corrected chi connectivity index (χ4v) is 5.22. The van der Waals surface area contributed by atoms with Crippen LogP contribution in [0.15, 0.2) is 59.1 Å². The van der Waals surface area contributed by atoms with Crippen molar-refractivity contribution in [2.75, 3.05) is 25.7 Å². The normalized spacial score (nSPS) is 19.1. The maximum atomic E-state index is 14.2. The molecule has 0 saturated carbocycles. The van der Waals surface area contributed by atoms with Crippen molar-refractivity contribution >= 4 is 39.1 Å². The monoisotopic (exact) mass is 512 g/mol. The van der Waals surface area contributed by atoms with Crippen molar-refractivity contribution in [3.63, 3.8) is 0 Å². The predicted molar refractivity (Wildman–Crippen MR) is 129 cm³/mol. The number of nitrogens with one attached hydrogen (secondary N) is 1. The van der Waals surface area contributed by atoms with Gasteiger partial charge in [-0.1, -0.05) is 39.7 Å². The van der Waals surface area contributed by atoms with Crippen molar-refractivity contribution in [1.29, 1.82) is 0 Å². The fraction of sp³-hybridized carbons (Fsp3) is 0.240. The van der Waals surface area contributed by atoms with Crippen LogP contribution in [-0.4, -0.2) is 26.7 Å². The van der Waals surface area contributed by atoms with Crippen LogP contribution in [0.2, 0.25) is 5.02 Å². The van der Waals surface area contributed by atoms with Crippen LogP contribution in [0.4, 0.5) is 5.69 Å². The second-order valence-corrected chi connectivity index (χ2v) is 9.32. The summed E-state index contributed by atoms with van der Waals surface area (Å²) in [7, 11) is 3.23. The zero-order valence-corrected chi connectivity index (χ0v) is 20.1. The van der Waals surface area contributed by atoms with E-state index in [0.29, 0.717) is 29.6 Å². The summed E-state index contributed by atoms with van der Waals surface area (Å²) in [6, 6.07) is 17.6. The summed E-state index contributed by atoms with van der Waals surface area (Å²) in [5.74, 6) is 1.23. The third-order valence-corrected chi connectivity index (χ3v) is 7.03. The summed E-state index contributed by atoms with van der Waals surface area (Å²) in [5, 5.41) is 4.14. The van der Waals surface area contributed by atoms with Crippen LogP contribution < -0.4 is 19.7 Å². The zero-order valence-electron chi connectivity index (χ0n) is 17.7. The molecule has 164 valence electrons. The van der Waals surface area contributed by atoms with Crippen LogP contribution in [0.25, 0.3) is 0 Å². The number of hydrogen-bond donors (Lipinski definition) is 1. The van der Waals surface area contributed by atoms with Crippen LogP contribution in [-0.2, 0) is 23.3 Å². The van der Waals surface area contributed by atoms with E-state index in [1.165, 1.54) is 0 Å². The molecule has 2 aliphatic heterocycles. The molecule has 3 aromatic rings. The van der Waals surface area contributed by atoms with E-state index in [1.54, 1.807) is 14.2 Å². The second kappa shape index (κ2) is 8.10. The first-order valence-corrected chi connectivity index (χ1v) is 11.5. The Kier molecular flexibility index (Phi) is 5.40. The minimum absolute atomic E-state index is 0.0224. The van der Waals surface area contributed by atoms with Gasteiger partial charge in [0, 0.05) is 21.6 Å². The van der Waals surface area contributed by atoms with E-state index in [1.807, 2.05) is 59.5 Å². The van der Waals surface area contributed by atoms with Gasteiger partial charge >= 0.3 is 0 Å². The Morgan fingerprint density at radius 3 is 2.47 bits per heavy atom. The summed E-state index contributed by atoms with van der Waals surface area (Å²) in [4.78, 5) is 16.0. The molecule has 0 bridgehead atoms. The lowest BCUT2D eigenvalue weighted by Gasteiger charge is -2.36. The molecule has 3 aromatic carbocycles. The predicted octanol–water partition coefficient (Wildman–Crippen LogP) is 5.06. The molecule has 0 fully saturated rings. The van der Waals surface area contributed by atoms with Gasteiger partial charge < -0.3 is 14.4 Å². The van der Waals surface area contributed by atoms with Crippen LogP contribution >= 0.6 is 27.5 Å². The van der Waals surface area contributed by atoms with E-state index in [-0.39, 0.29) is 5.91 Å². The van der Waals surface area contributed by atoms with Crippen LogP contribution in [0, 0.1) is 0 Å². The molecule has 1 unspecified atom stereocenters. The quantitative estimate of drug-likeness (QED) is 0.530. The molecule has 1 amide bonds. The highest BCUT2D eigenvalue weighted by Gasteiger charge is 2.54. The van der Waals surface area contributed by atoms with Crippen LogP contribution in [0.5, 0.6) is 11.5 Å². The number of amides is 1. The van der Waals surface area contributed by atoms with Gasteiger partial charge in [-0.05, 0) is 65.6 Å². The maximum Gasteiger partial charge on any atom is 0.256 e. The van der Waals surface area contributed by atoms with E-state index in [4.69, 9.17) is 21.1 Å². The molecule has 1 atom stereocenters. The number of rotatable bonds is 4. The Bertz CT molecular complexity index is 1210. The summed E-state index contributed by atoms with van der Waals surface area (Å²) in [5.41, 5.74) is 3.68. The Balaban J connectivity index is 1.70. The lowest BCUT2D eigenvalue weighted by Crippen LogP contribution is -2.54. The third-order valence-electron chi connectivity index (χ3n) is 6.27. The Hall–Kier alpha value is -2.54. The number of benzene rings is 3. The third kappa shape index (κ3) is 3.20. The van der Waals surface area contributed by atoms with Crippen molar-refractivity contribution in [3.05, 3.63) is 86.3 Å². The molecule has 0 saturated heterocycles. The Labute approximate surface area is 200 Å². The molecule has 0 radical (unpaired) electrons. The number of methoxy groups -OCH3 is 2. The van der Waals surface area contributed by atoms with E-state index in [0.717, 1.165) is 38.8 Å². The summed E-state index contributed by atoms with van der Waals surface area (Å²) >= 11 is 9.90. The van der Waals surface area contributed by atoms with E-state index in [2.05, 4.69) is 21.2 Å². The molecule has 0 aliphatic carbocycles. The summed E-state index contributed by atoms with van der Waals surface area (Å²) < 4.78 is 12.1. The average molecular weight is 514 g/mol. The number of hydrogen-bond acceptors (Lipinski definition) is 4. The van der Waals surface area contributed by atoms with E-state index >= 15 is 0 Å². The van der Waals surface area contributed by atoms with Crippen LogP contribution in [0.1, 0.15) is 22.3 Å². The zero-order chi connectivity index (χ0) is 22.5. The molecule has 5 nitrogen and oxygen atoms in total. The van der Waals surface area contributed by atoms with Crippen molar-refractivity contribution < 1.29 is 14.3 Å². The molecule has 2 aliphatic rings. The molecule has 1 N–H and O–H groups in total. The lowest BCUT2D eigenvalue weighted by molar-refractivity contribution is -0.123. The first-order chi connectivity index (χ1) is 15.5. The van der Waals surface area contributed by atoms with Gasteiger partial charge in [0.15, 0.2) is 17.0 Å². The van der Waals surface area contributed by atoms with Gasteiger partial charge in [-0.15, -0.1) is 0 Å². The number of carbonyl (C=O) groups is 1. The highest BCUT2D eigenvalue weighted by molar-refractivity contribution is 9.10. The average Bonchev–Trinajstić information content (AvgIpc) is 3.02. The van der Waals surface area contributed by atoms with Crippen molar-refractivity contribution in [1.82, 2.24) is 5.32 Å². The summed E-state index contributed by atoms with van der Waals surface area (Å²) in [6.07, 6.45) is 0.785. The maximum absolute atomic E-state index is 14.2. The highest BCUT2D eigenvalue weighted by Crippen LogP contribution is 2.50. The van der Waals surface area contributed by atoms with Gasteiger partial charge in [0.1, 0.15) is 0 Å². The van der Waals surface area contributed by atoms with Crippen molar-refractivity contribution in [2.45, 2.75) is 18.5 Å². The molecule has 0 aromatic heterocycles. The highest BCUT2D eigenvalue weighted by atomic mass is 79.9. The molecule has 2 heterocycles. The molecule has 32 heavy (non-hydrogen) atoms. The van der Waals surface area contributed by atoms with Gasteiger partial charge in [0.25, 0.3) is 5.91 Å². The standard InChI is InChI=1S/C25H22BrClN2O3/c1-31-22-11-16-9-10-28-25(19(16)13-23(22)32-2)20-12-18(27)7-8-21(20)29(24(25)30)14-15-3-5-17(26)6-4-15/h3-8,11-13,28H,9-10,14H2,1-2H3. The Morgan fingerprint density at radius 1 is 1.03 bits per heavy atom. The molecule has 7 heteroatoms. The number of carbonyl (C=O) groups excluding carboxylic acids is 1. The number of halogens is 2. The lowest BCUT2D eigenvalue weighted by atomic mass is 9.78. The van der Waals surface area contributed by atoms with Gasteiger partial charge in [-0.25, -0.2) is 0 Å². The van der Waals surface area contributed by atoms with Gasteiger partial charge in [-0.2, -0.15) is 0 Å². The Morgan fingerprint density at radius 2 is 1.75 bits per heavy atom. The minimum atomic E-state index is -1.03. The van der Waals surface area contributed by atoms with Gasteiger partial charge in [0.2, 0.25) is 0 Å². The smallest absolute Gasteiger partial charge is 0.256 e. The van der Waals surface area contributed by atoms with Gasteiger partial charge in [-0.3, -0.25) is 10.1 Å². The first kappa shape index (κ1) is 21.3. The number of fused-ring (bicyclic) bond motifs is 4. The second-order valence-electron chi connectivity index (χ2n) is 7.97. The van der Waals surface area contributed by atoms with Gasteiger partial charge in [0.05, 0.1) is 26.5 Å². The van der Waals surface area contributed by atoms with Crippen LogP contribution in [0.3, 0.4) is 0 Å². The van der Waals surface area contributed by atoms with Crippen molar-refractivity contribution in [2.24, 2.45) is 0 Å². The summed E-state index contributed by atoms with van der Waals surface area (Å²) in [6.45, 7) is 1.12. The largest absolute Gasteiger partial charge is 0.493 e. The van der Waals surface area contributed by atoms with E-state index in [9.17, 15) is 4.79 Å². The molecule has 5 rings (SSSR count). The minimum Gasteiger partial charge on any atom is -0.493 e. The first-order valence-electron chi connectivity index (χ1n) is 10.3. The molecular weight excluding hydrogens is 492 g/mol. The SMILES string of the molecule is COc1cc2c(cc1OC)C1(NCC2)C(=O)N(Cc2ccc(Br)cc2)c2ccc(Cl)cc21.